The number of rotatable bonds is 12. The SMILES string of the molecule is O=C(O)COCCCCN1C(=O)CC[C@H]1CCC(O)Cc1cccc(Cl)c1. The van der Waals surface area contributed by atoms with Crippen LogP contribution in [0.4, 0.5) is 0 Å². The molecule has 1 aliphatic rings. The summed E-state index contributed by atoms with van der Waals surface area (Å²) in [6.07, 6.45) is 4.43. The molecule has 7 heteroatoms. The summed E-state index contributed by atoms with van der Waals surface area (Å²) in [4.78, 5) is 24.4. The highest BCUT2D eigenvalue weighted by atomic mass is 35.5. The number of aliphatic hydroxyl groups excluding tert-OH is 1. The van der Waals surface area contributed by atoms with Gasteiger partial charge in [-0.1, -0.05) is 23.7 Å². The third-order valence-electron chi connectivity index (χ3n) is 4.81. The van der Waals surface area contributed by atoms with Crippen LogP contribution < -0.4 is 0 Å². The van der Waals surface area contributed by atoms with Gasteiger partial charge in [0, 0.05) is 30.6 Å². The van der Waals surface area contributed by atoms with Crippen molar-refractivity contribution in [1.29, 1.82) is 0 Å². The molecule has 1 fully saturated rings. The Balaban J connectivity index is 1.69. The Morgan fingerprint density at radius 2 is 2.19 bits per heavy atom. The van der Waals surface area contributed by atoms with E-state index in [9.17, 15) is 14.7 Å². The number of amides is 1. The highest BCUT2D eigenvalue weighted by Gasteiger charge is 2.30. The number of unbranched alkanes of at least 4 members (excludes halogenated alkanes) is 1. The van der Waals surface area contributed by atoms with Gasteiger partial charge >= 0.3 is 5.97 Å². The first-order valence-electron chi connectivity index (χ1n) is 9.47. The summed E-state index contributed by atoms with van der Waals surface area (Å²) in [5, 5.41) is 19.5. The molecule has 2 rings (SSSR count). The maximum absolute atomic E-state index is 12.1. The summed E-state index contributed by atoms with van der Waals surface area (Å²) in [6.45, 7) is 0.761. The van der Waals surface area contributed by atoms with E-state index in [1.807, 2.05) is 29.2 Å². The minimum absolute atomic E-state index is 0.163. The maximum atomic E-state index is 12.1. The number of halogens is 1. The van der Waals surface area contributed by atoms with E-state index in [0.717, 1.165) is 31.2 Å². The first kappa shape index (κ1) is 21.7. The predicted molar refractivity (Wildman–Crippen MR) is 103 cm³/mol. The molecule has 2 N–H and O–H groups in total. The number of aliphatic carboxylic acids is 1. The average molecular weight is 398 g/mol. The molecule has 150 valence electrons. The average Bonchev–Trinajstić information content (AvgIpc) is 2.96. The molecule has 0 aliphatic carbocycles. The van der Waals surface area contributed by atoms with Crippen LogP contribution in [0.15, 0.2) is 24.3 Å². The second kappa shape index (κ2) is 11.3. The van der Waals surface area contributed by atoms with Crippen molar-refractivity contribution in [2.75, 3.05) is 19.8 Å². The van der Waals surface area contributed by atoms with Gasteiger partial charge in [-0.05, 0) is 56.2 Å². The zero-order valence-electron chi connectivity index (χ0n) is 15.5. The fourth-order valence-corrected chi connectivity index (χ4v) is 3.68. The van der Waals surface area contributed by atoms with E-state index in [4.69, 9.17) is 21.4 Å². The van der Waals surface area contributed by atoms with Crippen molar-refractivity contribution in [2.24, 2.45) is 0 Å². The Morgan fingerprint density at radius 1 is 1.37 bits per heavy atom. The predicted octanol–water partition coefficient (Wildman–Crippen LogP) is 2.90. The highest BCUT2D eigenvalue weighted by molar-refractivity contribution is 6.30. The van der Waals surface area contributed by atoms with Gasteiger partial charge in [0.25, 0.3) is 0 Å². The van der Waals surface area contributed by atoms with Gasteiger partial charge in [-0.25, -0.2) is 4.79 Å². The van der Waals surface area contributed by atoms with Crippen LogP contribution in [0.25, 0.3) is 0 Å². The van der Waals surface area contributed by atoms with Crippen molar-refractivity contribution < 1.29 is 24.5 Å². The van der Waals surface area contributed by atoms with E-state index in [2.05, 4.69) is 0 Å². The van der Waals surface area contributed by atoms with Gasteiger partial charge in [0.2, 0.25) is 5.91 Å². The number of likely N-dealkylation sites (tertiary alicyclic amines) is 1. The fraction of sp³-hybridized carbons (Fsp3) is 0.600. The molecular formula is C20H28ClNO5. The van der Waals surface area contributed by atoms with Gasteiger partial charge in [-0.15, -0.1) is 0 Å². The van der Waals surface area contributed by atoms with Crippen molar-refractivity contribution in [2.45, 2.75) is 57.1 Å². The Kier molecular flexibility index (Phi) is 9.04. The lowest BCUT2D eigenvalue weighted by molar-refractivity contribution is -0.142. The number of carbonyl (C=O) groups excluding carboxylic acids is 1. The summed E-state index contributed by atoms with van der Waals surface area (Å²) in [7, 11) is 0. The quantitative estimate of drug-likeness (QED) is 0.529. The van der Waals surface area contributed by atoms with E-state index >= 15 is 0 Å². The highest BCUT2D eigenvalue weighted by Crippen LogP contribution is 2.24. The number of hydrogen-bond acceptors (Lipinski definition) is 4. The standard InChI is InChI=1S/C20H28ClNO5/c21-16-5-3-4-15(12-16)13-18(23)8-6-17-7-9-19(24)22(17)10-1-2-11-27-14-20(25)26/h3-5,12,17-18,23H,1-2,6-11,13-14H2,(H,25,26)/t17-,18?/m1/s1. The van der Waals surface area contributed by atoms with Crippen molar-refractivity contribution >= 4 is 23.5 Å². The van der Waals surface area contributed by atoms with Gasteiger partial charge in [0.05, 0.1) is 6.10 Å². The molecule has 1 unspecified atom stereocenters. The number of hydrogen-bond donors (Lipinski definition) is 2. The van der Waals surface area contributed by atoms with Gasteiger partial charge in [0.15, 0.2) is 0 Å². The molecule has 27 heavy (non-hydrogen) atoms. The Hall–Kier alpha value is -1.63. The number of aliphatic hydroxyl groups is 1. The Bertz CT molecular complexity index is 624. The van der Waals surface area contributed by atoms with E-state index in [1.165, 1.54) is 0 Å². The van der Waals surface area contributed by atoms with Crippen LogP contribution in [0.5, 0.6) is 0 Å². The molecule has 1 aromatic rings. The molecule has 6 nitrogen and oxygen atoms in total. The summed E-state index contributed by atoms with van der Waals surface area (Å²) in [5.41, 5.74) is 1.01. The third kappa shape index (κ3) is 7.87. The van der Waals surface area contributed by atoms with E-state index in [0.29, 0.717) is 37.4 Å². The molecule has 1 saturated heterocycles. The zero-order valence-corrected chi connectivity index (χ0v) is 16.2. The minimum atomic E-state index is -0.971. The maximum Gasteiger partial charge on any atom is 0.329 e. The van der Waals surface area contributed by atoms with Gasteiger partial charge in [0.1, 0.15) is 6.61 Å². The van der Waals surface area contributed by atoms with E-state index in [-0.39, 0.29) is 18.6 Å². The summed E-state index contributed by atoms with van der Waals surface area (Å²) in [6, 6.07) is 7.68. The van der Waals surface area contributed by atoms with Crippen LogP contribution in [0.3, 0.4) is 0 Å². The molecule has 1 amide bonds. The number of carboxylic acids is 1. The van der Waals surface area contributed by atoms with Crippen LogP contribution >= 0.6 is 11.6 Å². The molecule has 1 aromatic carbocycles. The molecular weight excluding hydrogens is 370 g/mol. The van der Waals surface area contributed by atoms with Crippen LogP contribution in [0.2, 0.25) is 5.02 Å². The second-order valence-corrected chi connectivity index (χ2v) is 7.43. The lowest BCUT2D eigenvalue weighted by Crippen LogP contribution is -2.34. The molecule has 0 radical (unpaired) electrons. The summed E-state index contributed by atoms with van der Waals surface area (Å²) >= 11 is 5.98. The monoisotopic (exact) mass is 397 g/mol. The summed E-state index contributed by atoms with van der Waals surface area (Å²) < 4.78 is 5.01. The molecule has 1 heterocycles. The van der Waals surface area contributed by atoms with Crippen molar-refractivity contribution in [1.82, 2.24) is 4.90 Å². The molecule has 2 atom stereocenters. The lowest BCUT2D eigenvalue weighted by atomic mass is 10.0. The molecule has 1 aliphatic heterocycles. The van der Waals surface area contributed by atoms with Crippen LogP contribution in [-0.2, 0) is 20.7 Å². The van der Waals surface area contributed by atoms with Crippen LogP contribution in [-0.4, -0.2) is 58.9 Å². The van der Waals surface area contributed by atoms with Crippen molar-refractivity contribution in [3.05, 3.63) is 34.9 Å². The number of benzene rings is 1. The van der Waals surface area contributed by atoms with Gasteiger partial charge in [-0.3, -0.25) is 4.79 Å². The smallest absolute Gasteiger partial charge is 0.329 e. The van der Waals surface area contributed by atoms with E-state index in [1.54, 1.807) is 0 Å². The number of ether oxygens (including phenoxy) is 1. The Labute approximate surface area is 165 Å². The Morgan fingerprint density at radius 3 is 2.93 bits per heavy atom. The fourth-order valence-electron chi connectivity index (χ4n) is 3.47. The molecule has 0 saturated carbocycles. The first-order chi connectivity index (χ1) is 13.0. The summed E-state index contributed by atoms with van der Waals surface area (Å²) in [5.74, 6) is -0.808. The van der Waals surface area contributed by atoms with E-state index < -0.39 is 12.1 Å². The topological polar surface area (TPSA) is 87.1 Å². The molecule has 0 spiro atoms. The largest absolute Gasteiger partial charge is 0.480 e. The van der Waals surface area contributed by atoms with Crippen LogP contribution in [0.1, 0.15) is 44.1 Å². The van der Waals surface area contributed by atoms with Crippen LogP contribution in [0, 0.1) is 0 Å². The zero-order chi connectivity index (χ0) is 19.6. The normalized spacial score (nSPS) is 18.1. The van der Waals surface area contributed by atoms with Crippen molar-refractivity contribution in [3.8, 4) is 0 Å². The number of carboxylic acid groups (broad SMARTS) is 1. The molecule has 0 aromatic heterocycles. The molecule has 0 bridgehead atoms. The van der Waals surface area contributed by atoms with Gasteiger partial charge in [-0.2, -0.15) is 0 Å². The van der Waals surface area contributed by atoms with Gasteiger partial charge < -0.3 is 19.8 Å². The first-order valence-corrected chi connectivity index (χ1v) is 9.85. The number of carbonyl (C=O) groups is 2. The second-order valence-electron chi connectivity index (χ2n) is 7.00. The number of nitrogens with zero attached hydrogens (tertiary/aromatic N) is 1. The lowest BCUT2D eigenvalue weighted by Gasteiger charge is -2.25. The minimum Gasteiger partial charge on any atom is -0.480 e. The van der Waals surface area contributed by atoms with Crippen molar-refractivity contribution in [3.63, 3.8) is 0 Å². The third-order valence-corrected chi connectivity index (χ3v) is 5.04.